The van der Waals surface area contributed by atoms with Crippen LogP contribution in [-0.4, -0.2) is 43.8 Å². The fraction of sp³-hybridized carbons (Fsp3) is 0.250. The summed E-state index contributed by atoms with van der Waals surface area (Å²) in [6.45, 7) is 0.123. The number of aromatic nitrogens is 4. The molecule has 3 aromatic rings. The molecule has 0 fully saturated rings. The summed E-state index contributed by atoms with van der Waals surface area (Å²) in [6, 6.07) is 2.22. The topological polar surface area (TPSA) is 128 Å². The molecule has 1 amide bonds. The van der Waals surface area contributed by atoms with Crippen LogP contribution in [0.3, 0.4) is 0 Å². The number of anilines is 2. The van der Waals surface area contributed by atoms with Crippen molar-refractivity contribution in [3.8, 4) is 5.75 Å². The number of fused-ring (bicyclic) bond motifs is 1. The number of nitrogen functional groups attached to an aromatic ring is 1. The fourth-order valence-electron chi connectivity index (χ4n) is 2.35. The van der Waals surface area contributed by atoms with E-state index < -0.39 is 17.8 Å². The van der Waals surface area contributed by atoms with Crippen LogP contribution in [0.4, 0.5) is 24.7 Å². The quantitative estimate of drug-likeness (QED) is 0.542. The molecule has 0 unspecified atom stereocenters. The summed E-state index contributed by atoms with van der Waals surface area (Å²) in [4.78, 5) is 20.0. The minimum atomic E-state index is -4.69. The minimum Gasteiger partial charge on any atom is -0.491 e. The zero-order valence-corrected chi connectivity index (χ0v) is 14.3. The Labute approximate surface area is 156 Å². The summed E-state index contributed by atoms with van der Waals surface area (Å²) in [5.74, 6) is -0.828. The minimum absolute atomic E-state index is 0.0705. The molecule has 0 bridgehead atoms. The number of aliphatic hydroxyl groups is 1. The van der Waals surface area contributed by atoms with Gasteiger partial charge in [0.2, 0.25) is 0 Å². The lowest BCUT2D eigenvalue weighted by molar-refractivity contribution is -0.141. The first kappa shape index (κ1) is 19.4. The molecule has 0 aliphatic carbocycles. The predicted molar refractivity (Wildman–Crippen MR) is 91.8 cm³/mol. The highest BCUT2D eigenvalue weighted by Crippen LogP contribution is 2.29. The van der Waals surface area contributed by atoms with E-state index in [1.54, 1.807) is 0 Å². The number of nitrogens with one attached hydrogen (secondary N) is 1. The number of amides is 1. The van der Waals surface area contributed by atoms with Crippen molar-refractivity contribution in [2.45, 2.75) is 12.6 Å². The van der Waals surface area contributed by atoms with E-state index in [1.807, 2.05) is 0 Å². The lowest BCUT2D eigenvalue weighted by atomic mass is 10.2. The van der Waals surface area contributed by atoms with Crippen LogP contribution in [0, 0.1) is 0 Å². The number of nitrogens with two attached hydrogens (primary N) is 1. The van der Waals surface area contributed by atoms with E-state index in [-0.39, 0.29) is 41.7 Å². The first-order valence-electron chi connectivity index (χ1n) is 8.02. The van der Waals surface area contributed by atoms with Gasteiger partial charge in [0.05, 0.1) is 12.8 Å². The number of carbonyl (C=O) groups excluding carboxylic acids is 1. The highest BCUT2D eigenvalue weighted by Gasteiger charge is 2.33. The highest BCUT2D eigenvalue weighted by molar-refractivity contribution is 6.12. The Balaban J connectivity index is 1.93. The standard InChI is InChI=1S/C16H15F3N6O3/c17-16(18,19)11-3-5-25-14(23-11)12(13(20)24-25)15(27)22-9-8-21-4-2-10(9)28-7-1-6-26/h2-5,8,26H,1,6-7H2,(H2,20,24)(H,22,27). The number of alkyl halides is 3. The molecular formula is C16H15F3N6O3. The Hall–Kier alpha value is -3.41. The molecule has 12 heteroatoms. The second-order valence-corrected chi connectivity index (χ2v) is 5.59. The van der Waals surface area contributed by atoms with Crippen molar-refractivity contribution in [1.82, 2.24) is 19.6 Å². The van der Waals surface area contributed by atoms with Crippen molar-refractivity contribution in [2.24, 2.45) is 0 Å². The van der Waals surface area contributed by atoms with Gasteiger partial charge in [-0.05, 0) is 6.07 Å². The van der Waals surface area contributed by atoms with Crippen LogP contribution in [0.25, 0.3) is 5.65 Å². The average Bonchev–Trinajstić information content (AvgIpc) is 2.97. The summed E-state index contributed by atoms with van der Waals surface area (Å²) in [5.41, 5.74) is 4.07. The van der Waals surface area contributed by atoms with Crippen LogP contribution >= 0.6 is 0 Å². The molecule has 3 rings (SSSR count). The third kappa shape index (κ3) is 3.96. The Kier molecular flexibility index (Phi) is 5.31. The first-order chi connectivity index (χ1) is 13.3. The van der Waals surface area contributed by atoms with Gasteiger partial charge in [0.25, 0.3) is 5.91 Å². The summed E-state index contributed by atoms with van der Waals surface area (Å²) >= 11 is 0. The molecule has 0 aliphatic heterocycles. The number of rotatable bonds is 6. The van der Waals surface area contributed by atoms with Crippen molar-refractivity contribution in [3.05, 3.63) is 42.0 Å². The summed E-state index contributed by atoms with van der Waals surface area (Å²) in [7, 11) is 0. The van der Waals surface area contributed by atoms with Gasteiger partial charge in [-0.15, -0.1) is 5.10 Å². The van der Waals surface area contributed by atoms with Gasteiger partial charge in [0.1, 0.15) is 22.7 Å². The average molecular weight is 396 g/mol. The molecule has 3 heterocycles. The van der Waals surface area contributed by atoms with Gasteiger partial charge in [-0.3, -0.25) is 9.78 Å². The molecule has 0 spiro atoms. The molecule has 0 saturated heterocycles. The SMILES string of the molecule is Nc1nn2ccc(C(F)(F)F)nc2c1C(=O)Nc1cnccc1OCCCO. The lowest BCUT2D eigenvalue weighted by Gasteiger charge is -2.11. The molecule has 148 valence electrons. The molecule has 0 aliphatic rings. The molecule has 3 aromatic heterocycles. The van der Waals surface area contributed by atoms with E-state index in [0.717, 1.165) is 16.8 Å². The Morgan fingerprint density at radius 2 is 2.14 bits per heavy atom. The molecule has 0 saturated carbocycles. The number of hydrogen-bond donors (Lipinski definition) is 3. The van der Waals surface area contributed by atoms with Gasteiger partial charge in [0, 0.05) is 31.5 Å². The number of ether oxygens (including phenoxy) is 1. The number of pyridine rings is 1. The Bertz CT molecular complexity index is 1000. The molecule has 9 nitrogen and oxygen atoms in total. The fourth-order valence-corrected chi connectivity index (χ4v) is 2.35. The number of nitrogens with zero attached hydrogens (tertiary/aromatic N) is 4. The number of aliphatic hydroxyl groups excluding tert-OH is 1. The lowest BCUT2D eigenvalue weighted by Crippen LogP contribution is -2.16. The van der Waals surface area contributed by atoms with Crippen LogP contribution in [0.15, 0.2) is 30.7 Å². The predicted octanol–water partition coefficient (Wildman–Crippen LogP) is 1.74. The highest BCUT2D eigenvalue weighted by atomic mass is 19.4. The van der Waals surface area contributed by atoms with E-state index >= 15 is 0 Å². The third-order valence-electron chi connectivity index (χ3n) is 3.62. The van der Waals surface area contributed by atoms with E-state index in [9.17, 15) is 18.0 Å². The van der Waals surface area contributed by atoms with Crippen molar-refractivity contribution in [1.29, 1.82) is 0 Å². The summed E-state index contributed by atoms with van der Waals surface area (Å²) in [5, 5.41) is 15.1. The molecule has 28 heavy (non-hydrogen) atoms. The Morgan fingerprint density at radius 3 is 2.86 bits per heavy atom. The van der Waals surface area contributed by atoms with Crippen LogP contribution in [-0.2, 0) is 6.18 Å². The second kappa shape index (κ2) is 7.68. The van der Waals surface area contributed by atoms with E-state index in [1.165, 1.54) is 18.5 Å². The van der Waals surface area contributed by atoms with Crippen LogP contribution in [0.2, 0.25) is 0 Å². The van der Waals surface area contributed by atoms with Crippen molar-refractivity contribution >= 4 is 23.1 Å². The van der Waals surface area contributed by atoms with Crippen LogP contribution in [0.5, 0.6) is 5.75 Å². The second-order valence-electron chi connectivity index (χ2n) is 5.59. The first-order valence-corrected chi connectivity index (χ1v) is 8.02. The van der Waals surface area contributed by atoms with Gasteiger partial charge in [-0.1, -0.05) is 0 Å². The summed E-state index contributed by atoms with van der Waals surface area (Å²) in [6.07, 6.45) is -0.550. The maximum Gasteiger partial charge on any atom is 0.433 e. The van der Waals surface area contributed by atoms with Crippen LogP contribution < -0.4 is 15.8 Å². The zero-order valence-electron chi connectivity index (χ0n) is 14.3. The number of halogens is 3. The van der Waals surface area contributed by atoms with Crippen molar-refractivity contribution in [3.63, 3.8) is 0 Å². The van der Waals surface area contributed by atoms with Gasteiger partial charge in [0.15, 0.2) is 11.5 Å². The zero-order chi connectivity index (χ0) is 20.3. The van der Waals surface area contributed by atoms with Crippen molar-refractivity contribution < 1.29 is 27.8 Å². The molecule has 4 N–H and O–H groups in total. The number of hydrogen-bond acceptors (Lipinski definition) is 7. The smallest absolute Gasteiger partial charge is 0.433 e. The third-order valence-corrected chi connectivity index (χ3v) is 3.62. The molecule has 0 radical (unpaired) electrons. The number of carbonyl (C=O) groups is 1. The maximum absolute atomic E-state index is 12.9. The largest absolute Gasteiger partial charge is 0.491 e. The molecule has 0 atom stereocenters. The molecular weight excluding hydrogens is 381 g/mol. The normalized spacial score (nSPS) is 11.6. The van der Waals surface area contributed by atoms with Gasteiger partial charge in [-0.2, -0.15) is 13.2 Å². The van der Waals surface area contributed by atoms with Crippen LogP contribution in [0.1, 0.15) is 22.5 Å². The van der Waals surface area contributed by atoms with Gasteiger partial charge in [-0.25, -0.2) is 9.50 Å². The summed E-state index contributed by atoms with van der Waals surface area (Å²) < 4.78 is 45.2. The maximum atomic E-state index is 12.9. The van der Waals surface area contributed by atoms with Crippen molar-refractivity contribution in [2.75, 3.05) is 24.3 Å². The monoisotopic (exact) mass is 396 g/mol. The van der Waals surface area contributed by atoms with E-state index in [0.29, 0.717) is 6.42 Å². The Morgan fingerprint density at radius 1 is 1.36 bits per heavy atom. The van der Waals surface area contributed by atoms with E-state index in [2.05, 4.69) is 20.4 Å². The van der Waals surface area contributed by atoms with Gasteiger partial charge < -0.3 is 20.9 Å². The van der Waals surface area contributed by atoms with Gasteiger partial charge >= 0.3 is 6.18 Å². The molecule has 0 aromatic carbocycles. The van der Waals surface area contributed by atoms with E-state index in [4.69, 9.17) is 15.6 Å².